The normalized spacial score (nSPS) is 12.4. The Kier molecular flexibility index (Phi) is 9.82. The third kappa shape index (κ3) is 6.53. The highest BCUT2D eigenvalue weighted by Crippen LogP contribution is 2.58. The largest absolute Gasteiger partial charge is 0.310 e. The van der Waals surface area contributed by atoms with Crippen molar-refractivity contribution >= 4 is 55.7 Å². The van der Waals surface area contributed by atoms with E-state index in [-0.39, 0.29) is 10.8 Å². The van der Waals surface area contributed by atoms with Crippen LogP contribution in [-0.4, -0.2) is 0 Å². The zero-order valence-electron chi connectivity index (χ0n) is 39.4. The summed E-state index contributed by atoms with van der Waals surface area (Å²) in [6.45, 7) is 32.2. The second-order valence-electron chi connectivity index (χ2n) is 20.2. The number of nitrogens with zero attached hydrogens (tertiary/aromatic N) is 2. The van der Waals surface area contributed by atoms with Crippen molar-refractivity contribution in [2.45, 2.75) is 108 Å². The van der Waals surface area contributed by atoms with Crippen LogP contribution in [-0.2, 0) is 10.8 Å². The molecule has 62 heavy (non-hydrogen) atoms. The molecule has 312 valence electrons. The molecular weight excluding hydrogens is 749 g/mol. The van der Waals surface area contributed by atoms with Gasteiger partial charge in [-0.1, -0.05) is 114 Å². The molecule has 2 nitrogen and oxygen atoms in total. The van der Waals surface area contributed by atoms with Gasteiger partial charge in [0.15, 0.2) is 0 Å². The lowest BCUT2D eigenvalue weighted by Crippen LogP contribution is -2.16. The lowest BCUT2D eigenvalue weighted by atomic mass is 9.69. The van der Waals surface area contributed by atoms with Crippen molar-refractivity contribution < 1.29 is 0 Å². The quantitative estimate of drug-likeness (QED) is 0.165. The summed E-state index contributed by atoms with van der Waals surface area (Å²) < 4.78 is 0. The summed E-state index contributed by atoms with van der Waals surface area (Å²) in [5, 5.41) is 5.29. The fraction of sp³-hybridized carbons (Fsp3) is 0.267. The molecule has 0 saturated heterocycles. The molecule has 0 saturated carbocycles. The molecule has 0 bridgehead atoms. The Morgan fingerprint density at radius 2 is 0.629 bits per heavy atom. The smallest absolute Gasteiger partial charge is 0.0493 e. The third-order valence-electron chi connectivity index (χ3n) is 14.0. The van der Waals surface area contributed by atoms with Crippen LogP contribution in [0.4, 0.5) is 34.1 Å². The molecule has 9 rings (SSSR count). The van der Waals surface area contributed by atoms with Gasteiger partial charge in [-0.05, 0) is 214 Å². The van der Waals surface area contributed by atoms with E-state index in [4.69, 9.17) is 0 Å². The van der Waals surface area contributed by atoms with E-state index in [0.29, 0.717) is 0 Å². The SMILES string of the molecule is Cc1ccccc1N(c1ccc2c(C)c3c(c(C)c2c1)-c1c-3c(C)c2ccc(N(c3ccccc3C)c3cc(C(C)(C)C)ccc3C)cc2c1C)c1cc(C(C)(C)C)ccc1C. The van der Waals surface area contributed by atoms with Crippen molar-refractivity contribution in [1.29, 1.82) is 0 Å². The standard InChI is InChI=1S/C60H62N2/c1-35-19-15-17-21-51(35)61(53-31-43(59(9,10)11)25-23-37(53)3)45-27-29-47-39(5)55-56-40(6)48-30-28-46(34-50(48)42(8)58(56)57(55)41(7)49(47)33-45)62(52-22-18-16-20-36(52)2)54-32-44(60(12,13)14)26-24-38(54)4/h15-34H,1-14H3. The van der Waals surface area contributed by atoms with Gasteiger partial charge in [-0.2, -0.15) is 0 Å². The first-order valence-electron chi connectivity index (χ1n) is 22.4. The molecular formula is C60H62N2. The van der Waals surface area contributed by atoms with E-state index < -0.39 is 0 Å². The van der Waals surface area contributed by atoms with Crippen molar-refractivity contribution in [2.75, 3.05) is 9.80 Å². The first-order valence-corrected chi connectivity index (χ1v) is 22.4. The molecule has 0 atom stereocenters. The predicted molar refractivity (Wildman–Crippen MR) is 271 cm³/mol. The van der Waals surface area contributed by atoms with Gasteiger partial charge in [-0.25, -0.2) is 0 Å². The number of hydrogen-bond acceptors (Lipinski definition) is 2. The molecule has 0 radical (unpaired) electrons. The Balaban J connectivity index is 1.24. The van der Waals surface area contributed by atoms with E-state index in [9.17, 15) is 0 Å². The lowest BCUT2D eigenvalue weighted by molar-refractivity contribution is 0.590. The molecule has 0 aliphatic heterocycles. The third-order valence-corrected chi connectivity index (χ3v) is 14.0. The van der Waals surface area contributed by atoms with Crippen LogP contribution in [0, 0.1) is 55.4 Å². The Labute approximate surface area is 370 Å². The number of fused-ring (bicyclic) bond motifs is 6. The van der Waals surface area contributed by atoms with Crippen molar-refractivity contribution in [3.05, 3.63) is 177 Å². The summed E-state index contributed by atoms with van der Waals surface area (Å²) in [6.07, 6.45) is 0. The summed E-state index contributed by atoms with van der Waals surface area (Å²) in [4.78, 5) is 4.98. The minimum absolute atomic E-state index is 0.0304. The summed E-state index contributed by atoms with van der Waals surface area (Å²) in [5.74, 6) is 0. The molecule has 1 aliphatic rings. The van der Waals surface area contributed by atoms with Crippen LogP contribution >= 0.6 is 0 Å². The molecule has 0 spiro atoms. The van der Waals surface area contributed by atoms with Crippen LogP contribution < -0.4 is 9.80 Å². The second-order valence-corrected chi connectivity index (χ2v) is 20.2. The number of para-hydroxylation sites is 2. The van der Waals surface area contributed by atoms with Gasteiger partial charge < -0.3 is 9.80 Å². The molecule has 0 unspecified atom stereocenters. The zero-order chi connectivity index (χ0) is 44.2. The first-order chi connectivity index (χ1) is 29.4. The molecule has 0 N–H and O–H groups in total. The van der Waals surface area contributed by atoms with Crippen LogP contribution in [0.5, 0.6) is 0 Å². The van der Waals surface area contributed by atoms with Gasteiger partial charge in [0.25, 0.3) is 0 Å². The van der Waals surface area contributed by atoms with Crippen molar-refractivity contribution in [2.24, 2.45) is 0 Å². The van der Waals surface area contributed by atoms with Gasteiger partial charge in [0.1, 0.15) is 0 Å². The molecule has 0 heterocycles. The molecule has 2 heteroatoms. The fourth-order valence-electron chi connectivity index (χ4n) is 10.2. The topological polar surface area (TPSA) is 6.48 Å². The summed E-state index contributed by atoms with van der Waals surface area (Å²) in [6, 6.07) is 46.0. The van der Waals surface area contributed by atoms with Gasteiger partial charge >= 0.3 is 0 Å². The van der Waals surface area contributed by atoms with E-state index in [1.165, 1.54) is 134 Å². The molecule has 1 aliphatic carbocycles. The van der Waals surface area contributed by atoms with Crippen molar-refractivity contribution in [3.8, 4) is 22.3 Å². The van der Waals surface area contributed by atoms with Gasteiger partial charge in [0.2, 0.25) is 0 Å². The fourth-order valence-corrected chi connectivity index (χ4v) is 10.2. The Morgan fingerprint density at radius 1 is 0.306 bits per heavy atom. The van der Waals surface area contributed by atoms with Crippen LogP contribution in [0.2, 0.25) is 0 Å². The van der Waals surface area contributed by atoms with E-state index in [0.717, 1.165) is 0 Å². The molecule has 8 aromatic rings. The van der Waals surface area contributed by atoms with Crippen LogP contribution in [0.1, 0.15) is 97.2 Å². The highest BCUT2D eigenvalue weighted by Gasteiger charge is 2.34. The Bertz CT molecular complexity index is 2920. The van der Waals surface area contributed by atoms with Gasteiger partial charge in [-0.3, -0.25) is 0 Å². The van der Waals surface area contributed by atoms with Crippen molar-refractivity contribution in [3.63, 3.8) is 0 Å². The second kappa shape index (κ2) is 14.8. The first kappa shape index (κ1) is 41.2. The zero-order valence-corrected chi connectivity index (χ0v) is 39.4. The molecule has 8 aromatic carbocycles. The number of rotatable bonds is 6. The molecule has 0 amide bonds. The molecule has 0 aromatic heterocycles. The molecule has 0 fully saturated rings. The van der Waals surface area contributed by atoms with E-state index in [1.54, 1.807) is 0 Å². The average molecular weight is 811 g/mol. The maximum absolute atomic E-state index is 2.49. The average Bonchev–Trinajstić information content (AvgIpc) is 3.21. The van der Waals surface area contributed by atoms with Crippen LogP contribution in [0.3, 0.4) is 0 Å². The van der Waals surface area contributed by atoms with Crippen molar-refractivity contribution in [1.82, 2.24) is 0 Å². The van der Waals surface area contributed by atoms with Crippen LogP contribution in [0.25, 0.3) is 43.8 Å². The van der Waals surface area contributed by atoms with Crippen LogP contribution in [0.15, 0.2) is 121 Å². The summed E-state index contributed by atoms with van der Waals surface area (Å²) in [5.41, 5.74) is 26.1. The Hall–Kier alpha value is -6.12. The van der Waals surface area contributed by atoms with Gasteiger partial charge in [0.05, 0.1) is 0 Å². The lowest BCUT2D eigenvalue weighted by Gasteiger charge is -2.35. The van der Waals surface area contributed by atoms with Gasteiger partial charge in [0, 0.05) is 34.1 Å². The van der Waals surface area contributed by atoms with E-state index >= 15 is 0 Å². The van der Waals surface area contributed by atoms with E-state index in [2.05, 4.69) is 228 Å². The predicted octanol–water partition coefficient (Wildman–Crippen LogP) is 17.6. The number of anilines is 6. The monoisotopic (exact) mass is 810 g/mol. The highest BCUT2D eigenvalue weighted by atomic mass is 15.2. The summed E-state index contributed by atoms with van der Waals surface area (Å²) >= 11 is 0. The summed E-state index contributed by atoms with van der Waals surface area (Å²) in [7, 11) is 0. The minimum Gasteiger partial charge on any atom is -0.310 e. The minimum atomic E-state index is 0.0304. The number of aryl methyl sites for hydroxylation is 8. The Morgan fingerprint density at radius 3 is 0.968 bits per heavy atom. The van der Waals surface area contributed by atoms with Gasteiger partial charge in [-0.15, -0.1) is 0 Å². The van der Waals surface area contributed by atoms with E-state index in [1.807, 2.05) is 0 Å². The number of benzene rings is 8. The highest BCUT2D eigenvalue weighted by molar-refractivity contribution is 6.19. The number of hydrogen-bond donors (Lipinski definition) is 0. The maximum Gasteiger partial charge on any atom is 0.0493 e. The maximum atomic E-state index is 2.49.